The molecular formula is C12H21BrClN3O2. The van der Waals surface area contributed by atoms with E-state index in [-0.39, 0.29) is 18.3 Å². The Bertz CT molecular complexity index is 385. The first-order valence-corrected chi connectivity index (χ1v) is 6.81. The largest absolute Gasteiger partial charge is 0.383 e. The lowest BCUT2D eigenvalue weighted by molar-refractivity contribution is 0.0944. The number of nitrogens with zero attached hydrogens (tertiary/aromatic N) is 1. The number of carbonyl (C=O) groups is 1. The van der Waals surface area contributed by atoms with Crippen molar-refractivity contribution in [3.8, 4) is 0 Å². The molecule has 0 aromatic carbocycles. The third-order valence-electron chi connectivity index (χ3n) is 2.51. The summed E-state index contributed by atoms with van der Waals surface area (Å²) >= 11 is 3.38. The van der Waals surface area contributed by atoms with E-state index in [1.54, 1.807) is 7.11 Å². The molecule has 0 aliphatic rings. The van der Waals surface area contributed by atoms with Gasteiger partial charge < -0.3 is 19.9 Å². The lowest BCUT2D eigenvalue weighted by Crippen LogP contribution is -2.33. The van der Waals surface area contributed by atoms with Crippen molar-refractivity contribution in [1.82, 2.24) is 15.2 Å². The van der Waals surface area contributed by atoms with Crippen molar-refractivity contribution in [2.45, 2.75) is 13.5 Å². The van der Waals surface area contributed by atoms with Gasteiger partial charge in [-0.3, -0.25) is 4.79 Å². The normalized spacial score (nSPS) is 10.1. The van der Waals surface area contributed by atoms with Gasteiger partial charge in [-0.05, 0) is 28.9 Å². The number of amides is 1. The molecule has 0 atom stereocenters. The van der Waals surface area contributed by atoms with Crippen molar-refractivity contribution in [1.29, 1.82) is 0 Å². The van der Waals surface area contributed by atoms with Crippen LogP contribution in [0.4, 0.5) is 0 Å². The van der Waals surface area contributed by atoms with Crippen molar-refractivity contribution < 1.29 is 9.53 Å². The second-order valence-electron chi connectivity index (χ2n) is 3.83. The van der Waals surface area contributed by atoms with Gasteiger partial charge in [0, 0.05) is 44.0 Å². The summed E-state index contributed by atoms with van der Waals surface area (Å²) in [7, 11) is 1.67. The molecule has 0 saturated heterocycles. The number of aryl methyl sites for hydroxylation is 1. The lowest BCUT2D eigenvalue weighted by Gasteiger charge is -2.08. The van der Waals surface area contributed by atoms with Crippen molar-refractivity contribution in [3.63, 3.8) is 0 Å². The molecule has 110 valence electrons. The summed E-state index contributed by atoms with van der Waals surface area (Å²) in [5.41, 5.74) is 0.682. The molecular weight excluding hydrogens is 334 g/mol. The van der Waals surface area contributed by atoms with Gasteiger partial charge in [-0.15, -0.1) is 12.4 Å². The highest BCUT2D eigenvalue weighted by molar-refractivity contribution is 9.10. The summed E-state index contributed by atoms with van der Waals surface area (Å²) in [6, 6.07) is 1.83. The second kappa shape index (κ2) is 10.3. The Hall–Kier alpha value is -0.560. The molecule has 0 aliphatic carbocycles. The van der Waals surface area contributed by atoms with Crippen molar-refractivity contribution >= 4 is 34.2 Å². The molecule has 1 aromatic heterocycles. The third-order valence-corrected chi connectivity index (χ3v) is 2.94. The van der Waals surface area contributed by atoms with Crippen LogP contribution in [-0.4, -0.2) is 43.8 Å². The van der Waals surface area contributed by atoms with Gasteiger partial charge in [-0.1, -0.05) is 0 Å². The Balaban J connectivity index is 0.00000324. The fraction of sp³-hybridized carbons (Fsp3) is 0.583. The molecule has 0 aliphatic heterocycles. The van der Waals surface area contributed by atoms with Gasteiger partial charge in [0.1, 0.15) is 5.69 Å². The molecule has 2 N–H and O–H groups in total. The average Bonchev–Trinajstić information content (AvgIpc) is 2.74. The topological polar surface area (TPSA) is 55.3 Å². The Morgan fingerprint density at radius 1 is 1.42 bits per heavy atom. The summed E-state index contributed by atoms with van der Waals surface area (Å²) in [4.78, 5) is 11.9. The fourth-order valence-electron chi connectivity index (χ4n) is 1.58. The number of ether oxygens (including phenoxy) is 1. The van der Waals surface area contributed by atoms with E-state index in [1.165, 1.54) is 0 Å². The van der Waals surface area contributed by atoms with Crippen molar-refractivity contribution in [2.24, 2.45) is 0 Å². The molecule has 0 radical (unpaired) electrons. The number of methoxy groups -OCH3 is 1. The Morgan fingerprint density at radius 2 is 2.16 bits per heavy atom. The van der Waals surface area contributed by atoms with Crippen LogP contribution in [0.25, 0.3) is 0 Å². The zero-order valence-corrected chi connectivity index (χ0v) is 13.6. The molecule has 19 heavy (non-hydrogen) atoms. The SMILES string of the molecule is CCn1cc(Br)cc1C(=O)NCCNCCOC.Cl. The quantitative estimate of drug-likeness (QED) is 0.698. The number of nitrogens with one attached hydrogen (secondary N) is 2. The highest BCUT2D eigenvalue weighted by Gasteiger charge is 2.11. The summed E-state index contributed by atoms with van der Waals surface area (Å²) in [6.45, 7) is 5.61. The Morgan fingerprint density at radius 3 is 2.79 bits per heavy atom. The maximum Gasteiger partial charge on any atom is 0.267 e. The van der Waals surface area contributed by atoms with Gasteiger partial charge in [0.2, 0.25) is 0 Å². The molecule has 7 heteroatoms. The number of aromatic nitrogens is 1. The van der Waals surface area contributed by atoms with Crippen LogP contribution in [0.2, 0.25) is 0 Å². The molecule has 0 saturated carbocycles. The standard InChI is InChI=1S/C12H20BrN3O2.ClH/c1-3-16-9-10(13)8-11(16)12(17)15-5-4-14-6-7-18-2;/h8-9,14H,3-7H2,1-2H3,(H,15,17);1H. The molecule has 1 aromatic rings. The van der Waals surface area contributed by atoms with Crippen LogP contribution in [0.5, 0.6) is 0 Å². The monoisotopic (exact) mass is 353 g/mol. The first-order valence-electron chi connectivity index (χ1n) is 6.02. The number of carbonyl (C=O) groups excluding carboxylic acids is 1. The first kappa shape index (κ1) is 18.4. The minimum Gasteiger partial charge on any atom is -0.383 e. The Kier molecular flexibility index (Phi) is 9.95. The highest BCUT2D eigenvalue weighted by atomic mass is 79.9. The molecule has 1 heterocycles. The molecule has 0 spiro atoms. The summed E-state index contributed by atoms with van der Waals surface area (Å²) in [5.74, 6) is -0.0453. The summed E-state index contributed by atoms with van der Waals surface area (Å²) < 4.78 is 7.75. The van der Waals surface area contributed by atoms with E-state index in [0.29, 0.717) is 18.8 Å². The van der Waals surface area contributed by atoms with Gasteiger partial charge >= 0.3 is 0 Å². The van der Waals surface area contributed by atoms with Crippen molar-refractivity contribution in [3.05, 3.63) is 22.4 Å². The zero-order valence-electron chi connectivity index (χ0n) is 11.2. The number of hydrogen-bond donors (Lipinski definition) is 2. The third kappa shape index (κ3) is 6.42. The van der Waals surface area contributed by atoms with Crippen LogP contribution in [0.15, 0.2) is 16.7 Å². The predicted octanol–water partition coefficient (Wildman–Crippen LogP) is 1.66. The summed E-state index contributed by atoms with van der Waals surface area (Å²) in [5, 5.41) is 6.05. The van der Waals surface area contributed by atoms with Crippen LogP contribution < -0.4 is 10.6 Å². The van der Waals surface area contributed by atoms with E-state index in [1.807, 2.05) is 23.8 Å². The van der Waals surface area contributed by atoms with Crippen molar-refractivity contribution in [2.75, 3.05) is 33.4 Å². The zero-order chi connectivity index (χ0) is 13.4. The van der Waals surface area contributed by atoms with Crippen LogP contribution in [0.1, 0.15) is 17.4 Å². The Labute approximate surface area is 128 Å². The molecule has 0 fully saturated rings. The van der Waals surface area contributed by atoms with Gasteiger partial charge in [0.15, 0.2) is 0 Å². The van der Waals surface area contributed by atoms with Crippen LogP contribution in [0, 0.1) is 0 Å². The van der Waals surface area contributed by atoms with Gasteiger partial charge in [-0.2, -0.15) is 0 Å². The molecule has 5 nitrogen and oxygen atoms in total. The van der Waals surface area contributed by atoms with Gasteiger partial charge in [0.05, 0.1) is 6.61 Å². The molecule has 1 amide bonds. The minimum absolute atomic E-state index is 0. The van der Waals surface area contributed by atoms with E-state index in [0.717, 1.165) is 24.1 Å². The maximum absolute atomic E-state index is 11.9. The molecule has 0 bridgehead atoms. The maximum atomic E-state index is 11.9. The molecule has 0 unspecified atom stereocenters. The number of halogens is 2. The summed E-state index contributed by atoms with van der Waals surface area (Å²) in [6.07, 6.45) is 1.91. The van der Waals surface area contributed by atoms with E-state index in [4.69, 9.17) is 4.74 Å². The highest BCUT2D eigenvalue weighted by Crippen LogP contribution is 2.14. The first-order chi connectivity index (χ1) is 8.69. The number of rotatable bonds is 8. The predicted molar refractivity (Wildman–Crippen MR) is 82.1 cm³/mol. The smallest absolute Gasteiger partial charge is 0.267 e. The van der Waals surface area contributed by atoms with Gasteiger partial charge in [0.25, 0.3) is 5.91 Å². The van der Waals surface area contributed by atoms with Gasteiger partial charge in [-0.25, -0.2) is 0 Å². The van der Waals surface area contributed by atoms with Crippen LogP contribution in [-0.2, 0) is 11.3 Å². The number of hydrogen-bond acceptors (Lipinski definition) is 3. The fourth-order valence-corrected chi connectivity index (χ4v) is 2.05. The van der Waals surface area contributed by atoms with E-state index in [2.05, 4.69) is 26.6 Å². The second-order valence-corrected chi connectivity index (χ2v) is 4.74. The van der Waals surface area contributed by atoms with Crippen LogP contribution >= 0.6 is 28.3 Å². The van der Waals surface area contributed by atoms with Crippen LogP contribution in [0.3, 0.4) is 0 Å². The lowest BCUT2D eigenvalue weighted by atomic mass is 10.4. The van der Waals surface area contributed by atoms with E-state index >= 15 is 0 Å². The minimum atomic E-state index is -0.0453. The van der Waals surface area contributed by atoms with E-state index in [9.17, 15) is 4.79 Å². The van der Waals surface area contributed by atoms with E-state index < -0.39 is 0 Å². The average molecular weight is 355 g/mol. The molecule has 1 rings (SSSR count).